The fourth-order valence-corrected chi connectivity index (χ4v) is 1.35. The van der Waals surface area contributed by atoms with Gasteiger partial charge in [0.25, 0.3) is 0 Å². The maximum absolute atomic E-state index is 12.5. The third-order valence-electron chi connectivity index (χ3n) is 2.62. The molecule has 1 unspecified atom stereocenters. The minimum atomic E-state index is -4.73. The van der Waals surface area contributed by atoms with E-state index in [4.69, 9.17) is 5.73 Å². The first-order valence-electron chi connectivity index (χ1n) is 5.09. The van der Waals surface area contributed by atoms with Crippen molar-refractivity contribution in [1.82, 2.24) is 0 Å². The Kier molecular flexibility index (Phi) is 3.62. The normalized spacial score (nSPS) is 15.4. The molecule has 17 heavy (non-hydrogen) atoms. The zero-order valence-electron chi connectivity index (χ0n) is 9.64. The lowest BCUT2D eigenvalue weighted by atomic mass is 9.92. The summed E-state index contributed by atoms with van der Waals surface area (Å²) in [4.78, 5) is 11.5. The van der Waals surface area contributed by atoms with Crippen molar-refractivity contribution in [3.63, 3.8) is 0 Å². The number of carbonyl (C=O) groups is 1. The summed E-state index contributed by atoms with van der Waals surface area (Å²) in [6.07, 6.45) is -5.04. The van der Waals surface area contributed by atoms with Crippen molar-refractivity contribution in [2.75, 3.05) is 0 Å². The first-order valence-corrected chi connectivity index (χ1v) is 5.09. The molecule has 0 fully saturated rings. The van der Waals surface area contributed by atoms with Gasteiger partial charge in [0.2, 0.25) is 0 Å². The van der Waals surface area contributed by atoms with Crippen molar-refractivity contribution >= 4 is 5.78 Å². The van der Waals surface area contributed by atoms with E-state index in [9.17, 15) is 18.0 Å². The Hall–Kier alpha value is -1.36. The van der Waals surface area contributed by atoms with Gasteiger partial charge >= 0.3 is 6.18 Å². The van der Waals surface area contributed by atoms with E-state index in [2.05, 4.69) is 0 Å². The molecular weight excluding hydrogens is 231 g/mol. The summed E-state index contributed by atoms with van der Waals surface area (Å²) in [5.41, 5.74) is 3.68. The van der Waals surface area contributed by atoms with E-state index in [-0.39, 0.29) is 6.42 Å². The summed E-state index contributed by atoms with van der Waals surface area (Å²) < 4.78 is 37.6. The Morgan fingerprint density at radius 3 is 2.41 bits per heavy atom. The number of Topliss-reactive ketones (excluding diaryl/α,β-unsaturated/α-hetero) is 1. The van der Waals surface area contributed by atoms with Crippen LogP contribution < -0.4 is 5.73 Å². The number of hydrogen-bond donors (Lipinski definition) is 1. The molecule has 0 amide bonds. The molecule has 5 heteroatoms. The van der Waals surface area contributed by atoms with Gasteiger partial charge in [-0.3, -0.25) is 4.79 Å². The van der Waals surface area contributed by atoms with E-state index in [0.717, 1.165) is 5.56 Å². The van der Waals surface area contributed by atoms with Gasteiger partial charge in [0.05, 0.1) is 0 Å². The van der Waals surface area contributed by atoms with Crippen molar-refractivity contribution in [2.24, 2.45) is 5.73 Å². The minimum absolute atomic E-state index is 0.311. The number of alkyl halides is 3. The average Bonchev–Trinajstić information content (AvgIpc) is 2.15. The number of hydrogen-bond acceptors (Lipinski definition) is 2. The maximum Gasteiger partial charge on any atom is 0.413 e. The smallest absolute Gasteiger partial charge is 0.312 e. The van der Waals surface area contributed by atoms with Crippen LogP contribution in [0.2, 0.25) is 0 Å². The SMILES string of the molecule is Cc1cccc(CC(=O)C(C)(N)C(F)(F)F)c1. The Morgan fingerprint density at radius 1 is 1.35 bits per heavy atom. The van der Waals surface area contributed by atoms with Gasteiger partial charge in [-0.15, -0.1) is 0 Å². The van der Waals surface area contributed by atoms with Gasteiger partial charge in [0, 0.05) is 6.42 Å². The quantitative estimate of drug-likeness (QED) is 0.888. The fourth-order valence-electron chi connectivity index (χ4n) is 1.35. The Bertz CT molecular complexity index is 424. The third kappa shape index (κ3) is 3.06. The lowest BCUT2D eigenvalue weighted by Gasteiger charge is -2.25. The van der Waals surface area contributed by atoms with Crippen LogP contribution in [0.1, 0.15) is 18.1 Å². The Labute approximate surface area is 97.6 Å². The molecule has 1 rings (SSSR count). The van der Waals surface area contributed by atoms with Crippen molar-refractivity contribution in [3.8, 4) is 0 Å². The van der Waals surface area contributed by atoms with Gasteiger partial charge in [-0.1, -0.05) is 29.8 Å². The number of nitrogens with two attached hydrogens (primary N) is 1. The number of rotatable bonds is 3. The summed E-state index contributed by atoms with van der Waals surface area (Å²) in [6.45, 7) is 2.50. The maximum atomic E-state index is 12.5. The molecule has 2 nitrogen and oxygen atoms in total. The third-order valence-corrected chi connectivity index (χ3v) is 2.62. The van der Waals surface area contributed by atoms with E-state index in [1.807, 2.05) is 0 Å². The standard InChI is InChI=1S/C12H14F3NO/c1-8-4-3-5-9(6-8)7-10(17)11(2,16)12(13,14)15/h3-6H,7,16H2,1-2H3. The topological polar surface area (TPSA) is 43.1 Å². The van der Waals surface area contributed by atoms with Crippen molar-refractivity contribution < 1.29 is 18.0 Å². The number of aryl methyl sites for hydroxylation is 1. The largest absolute Gasteiger partial charge is 0.413 e. The van der Waals surface area contributed by atoms with Gasteiger partial charge < -0.3 is 5.73 Å². The molecular formula is C12H14F3NO. The molecule has 1 aromatic rings. The van der Waals surface area contributed by atoms with Crippen molar-refractivity contribution in [3.05, 3.63) is 35.4 Å². The Morgan fingerprint density at radius 2 is 1.94 bits per heavy atom. The highest BCUT2D eigenvalue weighted by Crippen LogP contribution is 2.29. The molecule has 1 atom stereocenters. The van der Waals surface area contributed by atoms with Crippen LogP contribution in [0.4, 0.5) is 13.2 Å². The molecule has 94 valence electrons. The number of carbonyl (C=O) groups excluding carboxylic acids is 1. The zero-order valence-corrected chi connectivity index (χ0v) is 9.64. The molecule has 0 saturated heterocycles. The number of ketones is 1. The molecule has 0 heterocycles. The van der Waals surface area contributed by atoms with E-state index >= 15 is 0 Å². The van der Waals surface area contributed by atoms with Gasteiger partial charge in [-0.05, 0) is 19.4 Å². The lowest BCUT2D eigenvalue weighted by Crippen LogP contribution is -2.57. The van der Waals surface area contributed by atoms with Gasteiger partial charge in [0.1, 0.15) is 0 Å². The highest BCUT2D eigenvalue weighted by atomic mass is 19.4. The fraction of sp³-hybridized carbons (Fsp3) is 0.417. The summed E-state index contributed by atoms with van der Waals surface area (Å²) in [6, 6.07) is 6.78. The van der Waals surface area contributed by atoms with Crippen LogP contribution in [0.3, 0.4) is 0 Å². The molecule has 2 N–H and O–H groups in total. The average molecular weight is 245 g/mol. The highest BCUT2D eigenvalue weighted by molar-refractivity contribution is 5.90. The summed E-state index contributed by atoms with van der Waals surface area (Å²) >= 11 is 0. The molecule has 0 spiro atoms. The second-order valence-corrected chi connectivity index (χ2v) is 4.29. The van der Waals surface area contributed by atoms with Crippen LogP contribution in [-0.4, -0.2) is 17.5 Å². The van der Waals surface area contributed by atoms with Gasteiger partial charge in [0.15, 0.2) is 11.3 Å². The van der Waals surface area contributed by atoms with E-state index in [0.29, 0.717) is 12.5 Å². The molecule has 0 aromatic heterocycles. The monoisotopic (exact) mass is 245 g/mol. The molecule has 0 bridgehead atoms. The second kappa shape index (κ2) is 4.49. The van der Waals surface area contributed by atoms with Crippen LogP contribution in [0.25, 0.3) is 0 Å². The first kappa shape index (κ1) is 13.7. The van der Waals surface area contributed by atoms with Crippen LogP contribution in [-0.2, 0) is 11.2 Å². The molecule has 0 saturated carbocycles. The predicted octanol–water partition coefficient (Wildman–Crippen LogP) is 2.39. The van der Waals surface area contributed by atoms with Crippen molar-refractivity contribution in [2.45, 2.75) is 32.0 Å². The van der Waals surface area contributed by atoms with Crippen LogP contribution in [0.5, 0.6) is 0 Å². The molecule has 0 aliphatic heterocycles. The summed E-state index contributed by atoms with van der Waals surface area (Å²) in [7, 11) is 0. The van der Waals surface area contributed by atoms with E-state index in [1.54, 1.807) is 31.2 Å². The summed E-state index contributed by atoms with van der Waals surface area (Å²) in [5, 5.41) is 0. The summed E-state index contributed by atoms with van der Waals surface area (Å²) in [5.74, 6) is -1.03. The Balaban J connectivity index is 2.87. The van der Waals surface area contributed by atoms with Crippen molar-refractivity contribution in [1.29, 1.82) is 0 Å². The van der Waals surface area contributed by atoms with Crippen LogP contribution in [0, 0.1) is 6.92 Å². The van der Waals surface area contributed by atoms with E-state index in [1.165, 1.54) is 0 Å². The highest BCUT2D eigenvalue weighted by Gasteiger charge is 2.53. The number of benzene rings is 1. The predicted molar refractivity (Wildman–Crippen MR) is 58.5 cm³/mol. The zero-order chi connectivity index (χ0) is 13.3. The van der Waals surface area contributed by atoms with E-state index < -0.39 is 17.5 Å². The van der Waals surface area contributed by atoms with Gasteiger partial charge in [-0.25, -0.2) is 0 Å². The van der Waals surface area contributed by atoms with Crippen LogP contribution >= 0.6 is 0 Å². The van der Waals surface area contributed by atoms with Crippen LogP contribution in [0.15, 0.2) is 24.3 Å². The number of halogens is 3. The molecule has 0 aliphatic rings. The first-order chi connectivity index (χ1) is 7.64. The van der Waals surface area contributed by atoms with Gasteiger partial charge in [-0.2, -0.15) is 13.2 Å². The lowest BCUT2D eigenvalue weighted by molar-refractivity contribution is -0.185. The molecule has 0 radical (unpaired) electrons. The minimum Gasteiger partial charge on any atom is -0.312 e. The molecule has 1 aromatic carbocycles. The second-order valence-electron chi connectivity index (χ2n) is 4.29. The molecule has 0 aliphatic carbocycles.